The van der Waals surface area contributed by atoms with Gasteiger partial charge in [0.15, 0.2) is 0 Å². The molecule has 7 nitrogen and oxygen atoms in total. The minimum Gasteiger partial charge on any atom is -0.550 e. The zero-order chi connectivity index (χ0) is 19.2. The van der Waals surface area contributed by atoms with Gasteiger partial charge in [0, 0.05) is 42.2 Å². The number of rotatable bonds is 6. The average Bonchev–Trinajstić information content (AvgIpc) is 3.20. The van der Waals surface area contributed by atoms with Gasteiger partial charge in [-0.2, -0.15) is 0 Å². The molecule has 3 atom stereocenters. The van der Waals surface area contributed by atoms with Crippen LogP contribution < -0.4 is 15.7 Å². The summed E-state index contributed by atoms with van der Waals surface area (Å²) in [4.78, 5) is 35.9. The standard InChI is InChI=1S/C20H26N2O5/c23-18(21-12-15-4-3-11-27-15)13-7-9-14(10-8-13)22-19(24)16-5-1-2-6-17(16)20(25)26/h7-10,15-17H,1-6,11-12H2,(H,21,23)(H,22,24)(H,25,26)/p-1/t15-,16-,17+/m1/s1. The first-order chi connectivity index (χ1) is 13.0. The molecule has 1 aliphatic heterocycles. The molecule has 0 aromatic heterocycles. The quantitative estimate of drug-likeness (QED) is 0.776. The fourth-order valence-corrected chi connectivity index (χ4v) is 3.78. The molecule has 3 rings (SSSR count). The van der Waals surface area contributed by atoms with Crippen LogP contribution in [0.3, 0.4) is 0 Å². The highest BCUT2D eigenvalue weighted by Crippen LogP contribution is 2.30. The summed E-state index contributed by atoms with van der Waals surface area (Å²) in [6.07, 6.45) is 4.73. The first kappa shape index (κ1) is 19.4. The SMILES string of the molecule is O=C(NC[C@H]1CCCO1)c1ccc(NC(=O)[C@@H]2CCCC[C@@H]2C(=O)[O-])cc1. The van der Waals surface area contributed by atoms with E-state index in [0.717, 1.165) is 32.3 Å². The Morgan fingerprint density at radius 1 is 1.00 bits per heavy atom. The third-order valence-electron chi connectivity index (χ3n) is 5.33. The number of hydrogen-bond acceptors (Lipinski definition) is 5. The van der Waals surface area contributed by atoms with Crippen LogP contribution in [0.1, 0.15) is 48.9 Å². The largest absolute Gasteiger partial charge is 0.550 e. The van der Waals surface area contributed by atoms with E-state index >= 15 is 0 Å². The lowest BCUT2D eigenvalue weighted by atomic mass is 9.78. The Labute approximate surface area is 158 Å². The van der Waals surface area contributed by atoms with E-state index in [4.69, 9.17) is 4.74 Å². The van der Waals surface area contributed by atoms with Crippen LogP contribution >= 0.6 is 0 Å². The van der Waals surface area contributed by atoms with Crippen LogP contribution in [0.15, 0.2) is 24.3 Å². The number of nitrogens with one attached hydrogen (secondary N) is 2. The van der Waals surface area contributed by atoms with Crippen molar-refractivity contribution < 1.29 is 24.2 Å². The molecule has 2 fully saturated rings. The normalized spacial score (nSPS) is 25.0. The highest BCUT2D eigenvalue weighted by Gasteiger charge is 2.31. The van der Waals surface area contributed by atoms with Gasteiger partial charge in [-0.05, 0) is 49.9 Å². The highest BCUT2D eigenvalue weighted by atomic mass is 16.5. The van der Waals surface area contributed by atoms with Gasteiger partial charge in [0.2, 0.25) is 5.91 Å². The smallest absolute Gasteiger partial charge is 0.251 e. The molecular weight excluding hydrogens is 348 g/mol. The Bertz CT molecular complexity index is 682. The molecule has 146 valence electrons. The lowest BCUT2D eigenvalue weighted by Gasteiger charge is -2.31. The predicted molar refractivity (Wildman–Crippen MR) is 96.8 cm³/mol. The fraction of sp³-hybridized carbons (Fsp3) is 0.550. The topological polar surface area (TPSA) is 108 Å². The van der Waals surface area contributed by atoms with Crippen LogP contribution in [0.2, 0.25) is 0 Å². The Balaban J connectivity index is 1.54. The van der Waals surface area contributed by atoms with Gasteiger partial charge in [0.1, 0.15) is 0 Å². The lowest BCUT2D eigenvalue weighted by Crippen LogP contribution is -2.42. The average molecular weight is 373 g/mol. The molecule has 0 unspecified atom stereocenters. The van der Waals surface area contributed by atoms with Gasteiger partial charge in [0.25, 0.3) is 5.91 Å². The van der Waals surface area contributed by atoms with E-state index in [1.807, 2.05) is 0 Å². The third kappa shape index (κ3) is 5.07. The van der Waals surface area contributed by atoms with Crippen molar-refractivity contribution in [1.29, 1.82) is 0 Å². The van der Waals surface area contributed by atoms with Crippen LogP contribution in [0.4, 0.5) is 5.69 Å². The van der Waals surface area contributed by atoms with Gasteiger partial charge >= 0.3 is 0 Å². The third-order valence-corrected chi connectivity index (χ3v) is 5.33. The van der Waals surface area contributed by atoms with E-state index in [1.54, 1.807) is 24.3 Å². The number of carboxylic acid groups (broad SMARTS) is 1. The highest BCUT2D eigenvalue weighted by molar-refractivity contribution is 5.97. The molecular formula is C20H25N2O5-. The number of benzene rings is 1. The van der Waals surface area contributed by atoms with E-state index < -0.39 is 17.8 Å². The minimum absolute atomic E-state index is 0.0830. The molecule has 2 N–H and O–H groups in total. The van der Waals surface area contributed by atoms with Crippen molar-refractivity contribution >= 4 is 23.5 Å². The summed E-state index contributed by atoms with van der Waals surface area (Å²) in [6.45, 7) is 1.23. The molecule has 27 heavy (non-hydrogen) atoms. The van der Waals surface area contributed by atoms with Crippen molar-refractivity contribution in [3.63, 3.8) is 0 Å². The Kier molecular flexibility index (Phi) is 6.45. The maximum absolute atomic E-state index is 12.5. The molecule has 2 aliphatic rings. The summed E-state index contributed by atoms with van der Waals surface area (Å²) in [5.41, 5.74) is 1.04. The number of aliphatic carboxylic acids is 1. The maximum atomic E-state index is 12.5. The van der Waals surface area contributed by atoms with Crippen molar-refractivity contribution in [2.24, 2.45) is 11.8 Å². The molecule has 1 aliphatic carbocycles. The Morgan fingerprint density at radius 3 is 2.33 bits per heavy atom. The molecule has 1 aromatic carbocycles. The van der Waals surface area contributed by atoms with Crippen LogP contribution in [0, 0.1) is 11.8 Å². The number of hydrogen-bond donors (Lipinski definition) is 2. The van der Waals surface area contributed by atoms with Crippen molar-refractivity contribution in [3.8, 4) is 0 Å². The van der Waals surface area contributed by atoms with E-state index in [9.17, 15) is 19.5 Å². The molecule has 1 aromatic rings. The number of ether oxygens (including phenoxy) is 1. The predicted octanol–water partition coefficient (Wildman–Crippen LogP) is 1.09. The second-order valence-electron chi connectivity index (χ2n) is 7.23. The van der Waals surface area contributed by atoms with Gasteiger partial charge in [-0.1, -0.05) is 12.8 Å². The van der Waals surface area contributed by atoms with Crippen LogP contribution in [0.5, 0.6) is 0 Å². The van der Waals surface area contributed by atoms with Crippen LogP contribution in [0.25, 0.3) is 0 Å². The van der Waals surface area contributed by atoms with Gasteiger partial charge in [-0.3, -0.25) is 9.59 Å². The summed E-state index contributed by atoms with van der Waals surface area (Å²) in [7, 11) is 0. The number of carbonyl (C=O) groups is 3. The fourth-order valence-electron chi connectivity index (χ4n) is 3.78. The number of carboxylic acids is 1. The summed E-state index contributed by atoms with van der Waals surface area (Å²) in [5, 5.41) is 16.9. The van der Waals surface area contributed by atoms with Gasteiger partial charge < -0.3 is 25.3 Å². The molecule has 0 bridgehead atoms. The zero-order valence-corrected chi connectivity index (χ0v) is 15.2. The van der Waals surface area contributed by atoms with Crippen LogP contribution in [-0.2, 0) is 14.3 Å². The van der Waals surface area contributed by atoms with Gasteiger partial charge in [-0.15, -0.1) is 0 Å². The molecule has 1 saturated carbocycles. The molecule has 1 saturated heterocycles. The Hall–Kier alpha value is -2.41. The first-order valence-electron chi connectivity index (χ1n) is 9.56. The van der Waals surface area contributed by atoms with Crippen molar-refractivity contribution in [1.82, 2.24) is 5.32 Å². The van der Waals surface area contributed by atoms with Crippen molar-refractivity contribution in [3.05, 3.63) is 29.8 Å². The first-order valence-corrected chi connectivity index (χ1v) is 9.56. The van der Waals surface area contributed by atoms with E-state index in [0.29, 0.717) is 30.6 Å². The second-order valence-corrected chi connectivity index (χ2v) is 7.23. The summed E-state index contributed by atoms with van der Waals surface area (Å²) >= 11 is 0. The number of carbonyl (C=O) groups excluding carboxylic acids is 3. The molecule has 0 radical (unpaired) electrons. The molecule has 7 heteroatoms. The maximum Gasteiger partial charge on any atom is 0.251 e. The molecule has 1 heterocycles. The summed E-state index contributed by atoms with van der Waals surface area (Å²) in [5.74, 6) is -2.96. The number of amides is 2. The van der Waals surface area contributed by atoms with Crippen molar-refractivity contribution in [2.45, 2.75) is 44.6 Å². The number of anilines is 1. The molecule has 0 spiro atoms. The minimum atomic E-state index is -1.16. The van der Waals surface area contributed by atoms with E-state index in [2.05, 4.69) is 10.6 Å². The summed E-state index contributed by atoms with van der Waals surface area (Å²) in [6, 6.07) is 6.57. The second kappa shape index (κ2) is 8.99. The summed E-state index contributed by atoms with van der Waals surface area (Å²) < 4.78 is 5.48. The van der Waals surface area contributed by atoms with Gasteiger partial charge in [-0.25, -0.2) is 0 Å². The van der Waals surface area contributed by atoms with E-state index in [1.165, 1.54) is 0 Å². The van der Waals surface area contributed by atoms with Crippen LogP contribution in [-0.4, -0.2) is 37.0 Å². The molecule has 2 amide bonds. The Morgan fingerprint density at radius 2 is 1.70 bits per heavy atom. The van der Waals surface area contributed by atoms with Gasteiger partial charge in [0.05, 0.1) is 6.10 Å². The van der Waals surface area contributed by atoms with Crippen molar-refractivity contribution in [2.75, 3.05) is 18.5 Å². The zero-order valence-electron chi connectivity index (χ0n) is 15.2. The monoisotopic (exact) mass is 373 g/mol. The lowest BCUT2D eigenvalue weighted by molar-refractivity contribution is -0.313. The van der Waals surface area contributed by atoms with E-state index in [-0.39, 0.29) is 17.9 Å².